The molecule has 0 amide bonds. The molecule has 1 saturated carbocycles. The second kappa shape index (κ2) is 6.51. The van der Waals surface area contributed by atoms with Crippen LogP contribution < -0.4 is 5.32 Å². The summed E-state index contributed by atoms with van der Waals surface area (Å²) in [5, 5.41) is 7.68. The third kappa shape index (κ3) is 3.09. The highest BCUT2D eigenvalue weighted by Crippen LogP contribution is 2.51. The quantitative estimate of drug-likeness (QED) is 0.681. The molecule has 3 unspecified atom stereocenters. The number of fused-ring (bicyclic) bond motifs is 1. The molecule has 0 spiro atoms. The number of hydrogen-bond donors (Lipinski definition) is 1. The first-order chi connectivity index (χ1) is 11.0. The minimum Gasteiger partial charge on any atom is -0.377 e. The predicted molar refractivity (Wildman–Crippen MR) is 89.1 cm³/mol. The molecule has 1 aliphatic carbocycles. The third-order valence-electron chi connectivity index (χ3n) is 5.18. The molecule has 0 aromatic carbocycles. The van der Waals surface area contributed by atoms with Crippen LogP contribution in [-0.2, 0) is 11.3 Å². The average molecular weight is 320 g/mol. The molecule has 1 aromatic rings. The van der Waals surface area contributed by atoms with Crippen LogP contribution in [0.15, 0.2) is 21.8 Å². The van der Waals surface area contributed by atoms with Crippen molar-refractivity contribution in [1.82, 2.24) is 15.4 Å². The summed E-state index contributed by atoms with van der Waals surface area (Å²) >= 11 is 0. The molecule has 0 bridgehead atoms. The zero-order valence-electron chi connectivity index (χ0n) is 14.6. The van der Waals surface area contributed by atoms with Crippen LogP contribution in [-0.4, -0.2) is 48.4 Å². The van der Waals surface area contributed by atoms with E-state index >= 15 is 0 Å². The van der Waals surface area contributed by atoms with Gasteiger partial charge in [-0.3, -0.25) is 4.99 Å². The Labute approximate surface area is 138 Å². The van der Waals surface area contributed by atoms with Crippen molar-refractivity contribution in [2.24, 2.45) is 16.3 Å². The third-order valence-corrected chi connectivity index (χ3v) is 5.18. The minimum absolute atomic E-state index is 0.133. The van der Waals surface area contributed by atoms with Crippen LogP contribution in [0.25, 0.3) is 0 Å². The Morgan fingerprint density at radius 2 is 2.35 bits per heavy atom. The van der Waals surface area contributed by atoms with Gasteiger partial charge in [-0.05, 0) is 19.8 Å². The van der Waals surface area contributed by atoms with Crippen LogP contribution in [0.1, 0.15) is 39.3 Å². The van der Waals surface area contributed by atoms with Crippen LogP contribution >= 0.6 is 0 Å². The normalized spacial score (nSPS) is 29.6. The summed E-state index contributed by atoms with van der Waals surface area (Å²) in [7, 11) is 2.04. The van der Waals surface area contributed by atoms with Crippen LogP contribution in [0.4, 0.5) is 0 Å². The lowest BCUT2D eigenvalue weighted by molar-refractivity contribution is -0.188. The Morgan fingerprint density at radius 1 is 1.52 bits per heavy atom. The highest BCUT2D eigenvalue weighted by atomic mass is 16.5. The molecule has 6 heteroatoms. The second-order valence-electron chi connectivity index (χ2n) is 7.19. The Kier molecular flexibility index (Phi) is 4.62. The van der Waals surface area contributed by atoms with E-state index in [2.05, 4.69) is 41.1 Å². The Bertz CT molecular complexity index is 541. The van der Waals surface area contributed by atoms with E-state index in [0.29, 0.717) is 24.6 Å². The van der Waals surface area contributed by atoms with Gasteiger partial charge in [-0.15, -0.1) is 0 Å². The van der Waals surface area contributed by atoms with Gasteiger partial charge >= 0.3 is 0 Å². The summed E-state index contributed by atoms with van der Waals surface area (Å²) in [6, 6.07) is 2.29. The van der Waals surface area contributed by atoms with E-state index in [0.717, 1.165) is 31.2 Å². The van der Waals surface area contributed by atoms with Gasteiger partial charge in [0, 0.05) is 43.6 Å². The topological polar surface area (TPSA) is 62.9 Å². The molecular weight excluding hydrogens is 292 g/mol. The van der Waals surface area contributed by atoms with Gasteiger partial charge < -0.3 is 19.5 Å². The molecule has 1 N–H and O–H groups in total. The largest absolute Gasteiger partial charge is 0.377 e. The lowest BCUT2D eigenvalue weighted by Gasteiger charge is -2.60. The van der Waals surface area contributed by atoms with E-state index in [1.807, 2.05) is 13.1 Å². The first-order valence-corrected chi connectivity index (χ1v) is 8.57. The fourth-order valence-corrected chi connectivity index (χ4v) is 4.02. The zero-order valence-corrected chi connectivity index (χ0v) is 14.6. The number of aliphatic imine (C=N–C) groups is 1. The van der Waals surface area contributed by atoms with Crippen molar-refractivity contribution in [3.05, 3.63) is 18.0 Å². The molecule has 3 atom stereocenters. The van der Waals surface area contributed by atoms with E-state index in [9.17, 15) is 0 Å². The summed E-state index contributed by atoms with van der Waals surface area (Å²) < 4.78 is 10.9. The van der Waals surface area contributed by atoms with Crippen molar-refractivity contribution in [1.29, 1.82) is 0 Å². The Morgan fingerprint density at radius 3 is 3.04 bits per heavy atom. The molecule has 6 nitrogen and oxygen atoms in total. The molecule has 0 radical (unpaired) electrons. The highest BCUT2D eigenvalue weighted by Gasteiger charge is 2.58. The zero-order chi connectivity index (χ0) is 16.4. The Balaban J connectivity index is 1.68. The molecule has 1 saturated heterocycles. The number of nitrogens with zero attached hydrogens (tertiary/aromatic N) is 3. The Hall–Kier alpha value is -1.56. The maximum atomic E-state index is 5.99. The van der Waals surface area contributed by atoms with E-state index in [4.69, 9.17) is 9.26 Å². The van der Waals surface area contributed by atoms with Gasteiger partial charge in [0.2, 0.25) is 0 Å². The summed E-state index contributed by atoms with van der Waals surface area (Å²) in [5.74, 6) is 1.51. The SMILES string of the molecule is CCN=C(NC1C2CCCOC2C1(C)C)N(C)Cc1ccon1. The maximum Gasteiger partial charge on any atom is 0.194 e. The van der Waals surface area contributed by atoms with Crippen LogP contribution in [0, 0.1) is 11.3 Å². The number of ether oxygens (including phenoxy) is 1. The van der Waals surface area contributed by atoms with Crippen molar-refractivity contribution in [2.45, 2.75) is 52.3 Å². The van der Waals surface area contributed by atoms with E-state index in [1.165, 1.54) is 6.42 Å². The van der Waals surface area contributed by atoms with E-state index in [1.54, 1.807) is 6.26 Å². The molecular formula is C17H28N4O2. The lowest BCUT2D eigenvalue weighted by atomic mass is 9.55. The second-order valence-corrected chi connectivity index (χ2v) is 7.19. The van der Waals surface area contributed by atoms with Gasteiger partial charge in [0.25, 0.3) is 0 Å². The van der Waals surface area contributed by atoms with Crippen molar-refractivity contribution >= 4 is 5.96 Å². The number of aromatic nitrogens is 1. The monoisotopic (exact) mass is 320 g/mol. The number of rotatable bonds is 4. The fourth-order valence-electron chi connectivity index (χ4n) is 4.02. The molecule has 128 valence electrons. The first-order valence-electron chi connectivity index (χ1n) is 8.57. The van der Waals surface area contributed by atoms with Gasteiger partial charge in [0.1, 0.15) is 12.0 Å². The molecule has 23 heavy (non-hydrogen) atoms. The van der Waals surface area contributed by atoms with Gasteiger partial charge in [0.05, 0.1) is 12.6 Å². The van der Waals surface area contributed by atoms with Gasteiger partial charge in [-0.2, -0.15) is 0 Å². The summed E-state index contributed by atoms with van der Waals surface area (Å²) in [5.41, 5.74) is 1.04. The van der Waals surface area contributed by atoms with Gasteiger partial charge in [0.15, 0.2) is 5.96 Å². The maximum absolute atomic E-state index is 5.99. The van der Waals surface area contributed by atoms with Gasteiger partial charge in [-0.1, -0.05) is 19.0 Å². The molecule has 2 heterocycles. The molecule has 2 fully saturated rings. The number of hydrogen-bond acceptors (Lipinski definition) is 4. The summed E-state index contributed by atoms with van der Waals surface area (Å²) in [6.45, 7) is 8.98. The molecule has 2 aliphatic rings. The van der Waals surface area contributed by atoms with Crippen molar-refractivity contribution in [3.8, 4) is 0 Å². The fraction of sp³-hybridized carbons (Fsp3) is 0.765. The van der Waals surface area contributed by atoms with Crippen LogP contribution in [0.3, 0.4) is 0 Å². The van der Waals surface area contributed by atoms with Crippen LogP contribution in [0.2, 0.25) is 0 Å². The molecule has 3 rings (SSSR count). The first kappa shape index (κ1) is 16.3. The van der Waals surface area contributed by atoms with Crippen LogP contribution in [0.5, 0.6) is 0 Å². The summed E-state index contributed by atoms with van der Waals surface area (Å²) in [4.78, 5) is 6.77. The average Bonchev–Trinajstić information content (AvgIpc) is 3.04. The van der Waals surface area contributed by atoms with Crippen molar-refractivity contribution in [3.63, 3.8) is 0 Å². The van der Waals surface area contributed by atoms with Gasteiger partial charge in [-0.25, -0.2) is 0 Å². The van der Waals surface area contributed by atoms with E-state index in [-0.39, 0.29) is 5.41 Å². The number of guanidine groups is 1. The molecule has 1 aromatic heterocycles. The van der Waals surface area contributed by atoms with Crippen molar-refractivity contribution in [2.75, 3.05) is 20.2 Å². The van der Waals surface area contributed by atoms with Crippen molar-refractivity contribution < 1.29 is 9.26 Å². The predicted octanol–water partition coefficient (Wildman–Crippen LogP) is 2.28. The smallest absolute Gasteiger partial charge is 0.194 e. The summed E-state index contributed by atoms with van der Waals surface area (Å²) in [6.07, 6.45) is 4.37. The molecule has 1 aliphatic heterocycles. The number of nitrogens with one attached hydrogen (secondary N) is 1. The highest BCUT2D eigenvalue weighted by molar-refractivity contribution is 5.80. The standard InChI is InChI=1S/C17H28N4O2/c1-5-18-16(21(4)11-12-8-10-23-20-12)19-14-13-7-6-9-22-15(13)17(14,2)3/h8,10,13-15H,5-7,9,11H2,1-4H3,(H,18,19). The minimum atomic E-state index is 0.133. The van der Waals surface area contributed by atoms with E-state index < -0.39 is 0 Å². The lowest BCUT2D eigenvalue weighted by Crippen LogP contribution is -2.71.